The van der Waals surface area contributed by atoms with Crippen LogP contribution in [0.5, 0.6) is 11.5 Å². The number of hydrogen-bond donors (Lipinski definition) is 3. The fourth-order valence-electron chi connectivity index (χ4n) is 1.47. The van der Waals surface area contributed by atoms with Crippen molar-refractivity contribution in [2.45, 2.75) is 0 Å². The quantitative estimate of drug-likeness (QED) is 0.541. The number of halogens is 4. The van der Waals surface area contributed by atoms with Gasteiger partial charge in [0.05, 0.1) is 20.3 Å². The summed E-state index contributed by atoms with van der Waals surface area (Å²) in [5, 5.41) is 23.6. The van der Waals surface area contributed by atoms with Crippen LogP contribution in [0.25, 0.3) is 0 Å². The summed E-state index contributed by atoms with van der Waals surface area (Å²) in [5.41, 5.74) is 0.702. The number of hydrogen-bond acceptors (Lipinski definition) is 3. The summed E-state index contributed by atoms with van der Waals surface area (Å²) in [6.07, 6.45) is 0. The number of anilines is 2. The van der Waals surface area contributed by atoms with Crippen LogP contribution in [0.4, 0.5) is 11.4 Å². The molecule has 0 saturated heterocycles. The number of aromatic hydroxyl groups is 2. The van der Waals surface area contributed by atoms with Crippen molar-refractivity contribution in [3.05, 3.63) is 43.3 Å². The Balaban J connectivity index is 2.47. The molecular formula is C12H7Br2Cl2NO2. The molecule has 0 radical (unpaired) electrons. The molecule has 0 unspecified atom stereocenters. The second-order valence-electron chi connectivity index (χ2n) is 3.69. The summed E-state index contributed by atoms with van der Waals surface area (Å²) in [4.78, 5) is 0. The van der Waals surface area contributed by atoms with Crippen molar-refractivity contribution in [2.75, 3.05) is 5.32 Å². The van der Waals surface area contributed by atoms with Crippen LogP contribution in [0.2, 0.25) is 10.0 Å². The van der Waals surface area contributed by atoms with E-state index in [2.05, 4.69) is 37.2 Å². The summed E-state index contributed by atoms with van der Waals surface area (Å²) in [6.45, 7) is 0. The van der Waals surface area contributed by atoms with Crippen molar-refractivity contribution in [3.8, 4) is 11.5 Å². The minimum atomic E-state index is -0.0140. The summed E-state index contributed by atoms with van der Waals surface area (Å²) in [7, 11) is 0. The summed E-state index contributed by atoms with van der Waals surface area (Å²) < 4.78 is 0.895. The highest BCUT2D eigenvalue weighted by Crippen LogP contribution is 2.41. The van der Waals surface area contributed by atoms with E-state index in [1.807, 2.05) is 0 Å². The largest absolute Gasteiger partial charge is 0.505 e. The molecule has 0 heterocycles. The first-order chi connectivity index (χ1) is 8.88. The molecule has 0 aliphatic carbocycles. The van der Waals surface area contributed by atoms with Crippen LogP contribution in [0, 0.1) is 0 Å². The van der Waals surface area contributed by atoms with E-state index in [-0.39, 0.29) is 11.5 Å². The molecule has 2 aromatic rings. The number of phenols is 2. The predicted octanol–water partition coefficient (Wildman–Crippen LogP) is 5.67. The first-order valence-electron chi connectivity index (χ1n) is 5.01. The molecule has 3 nitrogen and oxygen atoms in total. The highest BCUT2D eigenvalue weighted by Gasteiger charge is 2.12. The second kappa shape index (κ2) is 5.79. The van der Waals surface area contributed by atoms with Crippen LogP contribution >= 0.6 is 55.1 Å². The maximum absolute atomic E-state index is 9.92. The van der Waals surface area contributed by atoms with Crippen LogP contribution in [-0.4, -0.2) is 10.2 Å². The van der Waals surface area contributed by atoms with Gasteiger partial charge < -0.3 is 15.5 Å². The molecule has 7 heteroatoms. The Bertz CT molecular complexity index is 595. The molecule has 100 valence electrons. The Morgan fingerprint density at radius 3 is 1.53 bits per heavy atom. The van der Waals surface area contributed by atoms with Gasteiger partial charge in [0.25, 0.3) is 0 Å². The minimum absolute atomic E-state index is 0.0140. The van der Waals surface area contributed by atoms with Gasteiger partial charge in [-0.1, -0.05) is 23.2 Å². The summed E-state index contributed by atoms with van der Waals surface area (Å²) in [5.74, 6) is -0.0280. The highest BCUT2D eigenvalue weighted by molar-refractivity contribution is 9.11. The van der Waals surface area contributed by atoms with Crippen molar-refractivity contribution in [2.24, 2.45) is 0 Å². The van der Waals surface area contributed by atoms with Crippen LogP contribution < -0.4 is 5.32 Å². The topological polar surface area (TPSA) is 52.5 Å². The van der Waals surface area contributed by atoms with E-state index < -0.39 is 0 Å². The number of benzene rings is 2. The van der Waals surface area contributed by atoms with Crippen LogP contribution in [0.3, 0.4) is 0 Å². The zero-order valence-corrected chi connectivity index (χ0v) is 13.9. The maximum Gasteiger partial charge on any atom is 0.153 e. The average Bonchev–Trinajstić information content (AvgIpc) is 2.31. The molecule has 0 saturated carbocycles. The Kier molecular flexibility index (Phi) is 4.50. The van der Waals surface area contributed by atoms with E-state index in [1.54, 1.807) is 12.1 Å². The van der Waals surface area contributed by atoms with Crippen LogP contribution in [-0.2, 0) is 0 Å². The molecule has 2 rings (SSSR count). The smallest absolute Gasteiger partial charge is 0.153 e. The molecule has 0 aliphatic heterocycles. The van der Waals surface area contributed by atoms with Crippen LogP contribution in [0.1, 0.15) is 0 Å². The fourth-order valence-corrected chi connectivity index (χ4v) is 3.09. The molecule has 2 aromatic carbocycles. The van der Waals surface area contributed by atoms with E-state index in [1.165, 1.54) is 12.1 Å². The van der Waals surface area contributed by atoms with Crippen molar-refractivity contribution >= 4 is 66.4 Å². The Labute approximate surface area is 136 Å². The lowest BCUT2D eigenvalue weighted by atomic mass is 10.2. The van der Waals surface area contributed by atoms with Crippen molar-refractivity contribution in [1.82, 2.24) is 0 Å². The standard InChI is InChI=1S/C12H7Br2Cl2NO2/c13-7-1-5(15)3-9(11(7)18)17-10-4-6(16)2-8(14)12(10)19/h1-4,17-19H. The molecule has 0 aromatic heterocycles. The van der Waals surface area contributed by atoms with E-state index >= 15 is 0 Å². The Hall–Kier alpha value is -0.620. The van der Waals surface area contributed by atoms with Crippen molar-refractivity contribution in [1.29, 1.82) is 0 Å². The van der Waals surface area contributed by atoms with Gasteiger partial charge in [-0.25, -0.2) is 0 Å². The van der Waals surface area contributed by atoms with Gasteiger partial charge in [0, 0.05) is 10.0 Å². The van der Waals surface area contributed by atoms with Gasteiger partial charge in [-0.2, -0.15) is 0 Å². The lowest BCUT2D eigenvalue weighted by Crippen LogP contribution is -1.93. The highest BCUT2D eigenvalue weighted by atomic mass is 79.9. The molecule has 0 aliphatic rings. The summed E-state index contributed by atoms with van der Waals surface area (Å²) in [6, 6.07) is 6.21. The first kappa shape index (κ1) is 14.8. The zero-order valence-electron chi connectivity index (χ0n) is 9.22. The zero-order chi connectivity index (χ0) is 14.2. The van der Waals surface area contributed by atoms with Gasteiger partial charge >= 0.3 is 0 Å². The SMILES string of the molecule is Oc1c(Br)cc(Cl)cc1Nc1cc(Cl)cc(Br)c1O. The maximum atomic E-state index is 9.92. The van der Waals surface area contributed by atoms with Crippen LogP contribution in [0.15, 0.2) is 33.2 Å². The molecule has 0 atom stereocenters. The van der Waals surface area contributed by atoms with Gasteiger partial charge in [0.15, 0.2) is 11.5 Å². The van der Waals surface area contributed by atoms with Gasteiger partial charge in [-0.15, -0.1) is 0 Å². The first-order valence-corrected chi connectivity index (χ1v) is 7.35. The molecular weight excluding hydrogens is 421 g/mol. The third-order valence-corrected chi connectivity index (χ3v) is 3.97. The number of phenolic OH excluding ortho intramolecular Hbond substituents is 2. The van der Waals surface area contributed by atoms with Gasteiger partial charge in [0.1, 0.15) is 0 Å². The number of rotatable bonds is 2. The predicted molar refractivity (Wildman–Crippen MR) is 84.9 cm³/mol. The molecule has 0 bridgehead atoms. The van der Waals surface area contributed by atoms with E-state index in [0.29, 0.717) is 30.4 Å². The lowest BCUT2D eigenvalue weighted by molar-refractivity contribution is 0.471. The average molecular weight is 428 g/mol. The third-order valence-electron chi connectivity index (χ3n) is 2.33. The second-order valence-corrected chi connectivity index (χ2v) is 6.27. The summed E-state index contributed by atoms with van der Waals surface area (Å²) >= 11 is 18.2. The van der Waals surface area contributed by atoms with Crippen molar-refractivity contribution in [3.63, 3.8) is 0 Å². The molecule has 3 N–H and O–H groups in total. The van der Waals surface area contributed by atoms with E-state index in [4.69, 9.17) is 23.2 Å². The van der Waals surface area contributed by atoms with E-state index in [9.17, 15) is 10.2 Å². The third kappa shape index (κ3) is 3.28. The lowest BCUT2D eigenvalue weighted by Gasteiger charge is -2.13. The minimum Gasteiger partial charge on any atom is -0.505 e. The van der Waals surface area contributed by atoms with Crippen molar-refractivity contribution < 1.29 is 10.2 Å². The molecule has 19 heavy (non-hydrogen) atoms. The fraction of sp³-hybridized carbons (Fsp3) is 0. The van der Waals surface area contributed by atoms with Gasteiger partial charge in [0.2, 0.25) is 0 Å². The molecule has 0 amide bonds. The van der Waals surface area contributed by atoms with Gasteiger partial charge in [-0.05, 0) is 56.1 Å². The number of nitrogens with one attached hydrogen (secondary N) is 1. The monoisotopic (exact) mass is 425 g/mol. The Morgan fingerprint density at radius 1 is 0.789 bits per heavy atom. The normalized spacial score (nSPS) is 10.5. The van der Waals surface area contributed by atoms with E-state index in [0.717, 1.165) is 0 Å². The Morgan fingerprint density at radius 2 is 1.16 bits per heavy atom. The molecule has 0 fully saturated rings. The molecule has 0 spiro atoms. The van der Waals surface area contributed by atoms with Gasteiger partial charge in [-0.3, -0.25) is 0 Å².